The van der Waals surface area contributed by atoms with Crippen molar-refractivity contribution in [3.63, 3.8) is 0 Å². The molecular formula is C19H28N2O5S. The van der Waals surface area contributed by atoms with Gasteiger partial charge in [0, 0.05) is 25.2 Å². The minimum absolute atomic E-state index is 0.0193. The van der Waals surface area contributed by atoms with Crippen molar-refractivity contribution in [1.29, 1.82) is 0 Å². The summed E-state index contributed by atoms with van der Waals surface area (Å²) in [5.74, 6) is 0.526. The molecule has 1 heterocycles. The summed E-state index contributed by atoms with van der Waals surface area (Å²) in [6.45, 7) is 0.638. The molecule has 2 aliphatic rings. The summed E-state index contributed by atoms with van der Waals surface area (Å²) in [5.41, 5.74) is 0. The molecule has 1 aromatic carbocycles. The first kappa shape index (κ1) is 19.9. The maximum atomic E-state index is 13.1. The fourth-order valence-electron chi connectivity index (χ4n) is 3.89. The van der Waals surface area contributed by atoms with Crippen LogP contribution in [0.5, 0.6) is 11.5 Å². The van der Waals surface area contributed by atoms with Crippen molar-refractivity contribution in [1.82, 2.24) is 9.62 Å². The Morgan fingerprint density at radius 3 is 2.44 bits per heavy atom. The number of hydrogen-bond donors (Lipinski definition) is 1. The molecule has 0 unspecified atom stereocenters. The van der Waals surface area contributed by atoms with Crippen LogP contribution in [-0.2, 0) is 14.8 Å². The van der Waals surface area contributed by atoms with E-state index in [0.717, 1.165) is 32.1 Å². The fraction of sp³-hybridized carbons (Fsp3) is 0.632. The first-order valence-electron chi connectivity index (χ1n) is 9.48. The van der Waals surface area contributed by atoms with Gasteiger partial charge in [-0.05, 0) is 37.8 Å². The fourth-order valence-corrected chi connectivity index (χ4v) is 5.43. The summed E-state index contributed by atoms with van der Waals surface area (Å²) in [5, 5.41) is 3.10. The molecule has 0 bridgehead atoms. The van der Waals surface area contributed by atoms with E-state index in [1.165, 1.54) is 30.7 Å². The van der Waals surface area contributed by atoms with Crippen LogP contribution < -0.4 is 14.8 Å². The van der Waals surface area contributed by atoms with Crippen LogP contribution in [0.15, 0.2) is 23.1 Å². The van der Waals surface area contributed by atoms with Crippen molar-refractivity contribution in [3.05, 3.63) is 18.2 Å². The standard InChI is InChI=1S/C19H28N2O5S/c1-25-17-10-9-16(12-18(17)26-2)27(23,24)21-11-5-6-14(13-21)19(22)20-15-7-3-4-8-15/h9-10,12,14-15H,3-8,11,13H2,1-2H3,(H,20,22)/t14-/m0/s1. The van der Waals surface area contributed by atoms with Crippen LogP contribution in [0.4, 0.5) is 0 Å². The van der Waals surface area contributed by atoms with Crippen molar-refractivity contribution in [3.8, 4) is 11.5 Å². The van der Waals surface area contributed by atoms with E-state index < -0.39 is 10.0 Å². The van der Waals surface area contributed by atoms with Crippen LogP contribution >= 0.6 is 0 Å². The average Bonchev–Trinajstić information content (AvgIpc) is 3.20. The molecule has 1 atom stereocenters. The van der Waals surface area contributed by atoms with E-state index in [4.69, 9.17) is 9.47 Å². The van der Waals surface area contributed by atoms with Gasteiger partial charge >= 0.3 is 0 Å². The third-order valence-electron chi connectivity index (χ3n) is 5.45. The lowest BCUT2D eigenvalue weighted by Crippen LogP contribution is -2.47. The van der Waals surface area contributed by atoms with Gasteiger partial charge in [0.1, 0.15) is 0 Å². The van der Waals surface area contributed by atoms with Gasteiger partial charge < -0.3 is 14.8 Å². The van der Waals surface area contributed by atoms with Gasteiger partial charge in [-0.2, -0.15) is 4.31 Å². The van der Waals surface area contributed by atoms with Crippen molar-refractivity contribution in [2.24, 2.45) is 5.92 Å². The van der Waals surface area contributed by atoms with Crippen molar-refractivity contribution in [2.75, 3.05) is 27.3 Å². The van der Waals surface area contributed by atoms with E-state index in [9.17, 15) is 13.2 Å². The summed E-state index contributed by atoms with van der Waals surface area (Å²) in [6.07, 6.45) is 5.73. The van der Waals surface area contributed by atoms with Crippen LogP contribution in [0.25, 0.3) is 0 Å². The van der Waals surface area contributed by atoms with E-state index in [1.807, 2.05) is 0 Å². The van der Waals surface area contributed by atoms with Crippen molar-refractivity contribution in [2.45, 2.75) is 49.5 Å². The number of ether oxygens (including phenoxy) is 2. The lowest BCUT2D eigenvalue weighted by molar-refractivity contribution is -0.126. The number of sulfonamides is 1. The van der Waals surface area contributed by atoms with Gasteiger partial charge in [-0.3, -0.25) is 4.79 Å². The SMILES string of the molecule is COc1ccc(S(=O)(=O)N2CCC[C@H](C(=O)NC3CCCC3)C2)cc1OC. The number of carbonyl (C=O) groups is 1. The molecule has 1 saturated heterocycles. The molecule has 0 spiro atoms. The van der Waals surface area contributed by atoms with E-state index in [0.29, 0.717) is 24.5 Å². The molecule has 1 aliphatic heterocycles. The smallest absolute Gasteiger partial charge is 0.243 e. The predicted molar refractivity (Wildman–Crippen MR) is 101 cm³/mol. The molecule has 7 nitrogen and oxygen atoms in total. The Bertz CT molecular complexity index is 774. The lowest BCUT2D eigenvalue weighted by Gasteiger charge is -2.32. The Hall–Kier alpha value is -1.80. The van der Waals surface area contributed by atoms with Crippen LogP contribution in [0.2, 0.25) is 0 Å². The molecule has 1 aliphatic carbocycles. The zero-order valence-electron chi connectivity index (χ0n) is 15.9. The first-order valence-corrected chi connectivity index (χ1v) is 10.9. The molecule has 3 rings (SSSR count). The first-order chi connectivity index (χ1) is 13.0. The molecule has 8 heteroatoms. The molecule has 150 valence electrons. The third kappa shape index (κ3) is 4.38. The molecule has 2 fully saturated rings. The van der Waals surface area contributed by atoms with Crippen molar-refractivity contribution >= 4 is 15.9 Å². The lowest BCUT2D eigenvalue weighted by atomic mass is 9.98. The van der Waals surface area contributed by atoms with E-state index in [1.54, 1.807) is 6.07 Å². The Kier molecular flexibility index (Phi) is 6.26. The Morgan fingerprint density at radius 1 is 1.07 bits per heavy atom. The molecule has 1 aromatic rings. The largest absolute Gasteiger partial charge is 0.493 e. The summed E-state index contributed by atoms with van der Waals surface area (Å²) in [7, 11) is -0.721. The van der Waals surface area contributed by atoms with E-state index in [-0.39, 0.29) is 29.3 Å². The molecular weight excluding hydrogens is 368 g/mol. The number of nitrogens with zero attached hydrogens (tertiary/aromatic N) is 1. The summed E-state index contributed by atoms with van der Waals surface area (Å²) in [6, 6.07) is 4.81. The second kappa shape index (κ2) is 8.48. The third-order valence-corrected chi connectivity index (χ3v) is 7.31. The van der Waals surface area contributed by atoms with Gasteiger partial charge in [0.15, 0.2) is 11.5 Å². The average molecular weight is 397 g/mol. The number of benzene rings is 1. The normalized spacial score (nSPS) is 21.8. The Balaban J connectivity index is 1.73. The molecule has 1 saturated carbocycles. The molecule has 1 N–H and O–H groups in total. The zero-order valence-corrected chi connectivity index (χ0v) is 16.8. The van der Waals surface area contributed by atoms with Crippen LogP contribution in [0.3, 0.4) is 0 Å². The van der Waals surface area contributed by atoms with Gasteiger partial charge in [0.25, 0.3) is 0 Å². The zero-order chi connectivity index (χ0) is 19.4. The number of carbonyl (C=O) groups excluding carboxylic acids is 1. The van der Waals surface area contributed by atoms with E-state index in [2.05, 4.69) is 5.32 Å². The van der Waals surface area contributed by atoms with Crippen LogP contribution in [0, 0.1) is 5.92 Å². The summed E-state index contributed by atoms with van der Waals surface area (Å²) in [4.78, 5) is 12.7. The second-order valence-electron chi connectivity index (χ2n) is 7.21. The molecule has 0 radical (unpaired) electrons. The van der Waals surface area contributed by atoms with Gasteiger partial charge in [0.2, 0.25) is 15.9 Å². The van der Waals surface area contributed by atoms with Gasteiger partial charge in [-0.1, -0.05) is 12.8 Å². The maximum Gasteiger partial charge on any atom is 0.243 e. The quantitative estimate of drug-likeness (QED) is 0.797. The number of hydrogen-bond acceptors (Lipinski definition) is 5. The van der Waals surface area contributed by atoms with Gasteiger partial charge in [-0.25, -0.2) is 8.42 Å². The number of methoxy groups -OCH3 is 2. The highest BCUT2D eigenvalue weighted by atomic mass is 32.2. The van der Waals surface area contributed by atoms with Crippen LogP contribution in [-0.4, -0.2) is 52.0 Å². The number of piperidine rings is 1. The molecule has 1 amide bonds. The maximum absolute atomic E-state index is 13.1. The topological polar surface area (TPSA) is 84.9 Å². The number of amides is 1. The molecule has 0 aromatic heterocycles. The Labute approximate surface area is 161 Å². The highest BCUT2D eigenvalue weighted by Crippen LogP contribution is 2.32. The minimum Gasteiger partial charge on any atom is -0.493 e. The van der Waals surface area contributed by atoms with Crippen LogP contribution in [0.1, 0.15) is 38.5 Å². The van der Waals surface area contributed by atoms with Crippen molar-refractivity contribution < 1.29 is 22.7 Å². The number of nitrogens with one attached hydrogen (secondary N) is 1. The highest BCUT2D eigenvalue weighted by molar-refractivity contribution is 7.89. The highest BCUT2D eigenvalue weighted by Gasteiger charge is 2.34. The minimum atomic E-state index is -3.70. The molecule has 27 heavy (non-hydrogen) atoms. The summed E-state index contributed by atoms with van der Waals surface area (Å²) >= 11 is 0. The summed E-state index contributed by atoms with van der Waals surface area (Å²) < 4.78 is 37.9. The second-order valence-corrected chi connectivity index (χ2v) is 9.15. The van der Waals surface area contributed by atoms with E-state index >= 15 is 0 Å². The number of rotatable bonds is 6. The van der Waals surface area contributed by atoms with Gasteiger partial charge in [0.05, 0.1) is 25.0 Å². The Morgan fingerprint density at radius 2 is 1.78 bits per heavy atom. The monoisotopic (exact) mass is 396 g/mol. The predicted octanol–water partition coefficient (Wildman–Crippen LogP) is 2.16. The van der Waals surface area contributed by atoms with Gasteiger partial charge in [-0.15, -0.1) is 0 Å².